The average Bonchev–Trinajstić information content (AvgIpc) is 3.56. The number of hydrogen-bond donors (Lipinski definition) is 2. The van der Waals surface area contributed by atoms with E-state index in [4.69, 9.17) is 23.8 Å². The molecule has 0 spiro atoms. The number of alkyl halides is 3. The molecule has 290 valence electrons. The van der Waals surface area contributed by atoms with Crippen LogP contribution in [0.15, 0.2) is 47.6 Å². The first-order valence-corrected chi connectivity index (χ1v) is 19.0. The van der Waals surface area contributed by atoms with Gasteiger partial charge in [-0.3, -0.25) is 4.79 Å². The first-order chi connectivity index (χ1) is 25.4. The highest BCUT2D eigenvalue weighted by atomic mass is 35.5. The Morgan fingerprint density at radius 1 is 1.11 bits per heavy atom. The molecule has 1 saturated heterocycles. The average molecular weight is 786 g/mol. The Balaban J connectivity index is 1.12. The van der Waals surface area contributed by atoms with Crippen LogP contribution in [0.4, 0.5) is 23.8 Å². The van der Waals surface area contributed by atoms with Crippen LogP contribution in [0.2, 0.25) is 5.15 Å². The third kappa shape index (κ3) is 10.1. The molecule has 2 fully saturated rings. The van der Waals surface area contributed by atoms with Crippen molar-refractivity contribution in [2.45, 2.75) is 102 Å². The zero-order valence-corrected chi connectivity index (χ0v) is 31.7. The van der Waals surface area contributed by atoms with E-state index < -0.39 is 57.5 Å². The molecule has 1 aliphatic carbocycles. The van der Waals surface area contributed by atoms with Gasteiger partial charge in [0.2, 0.25) is 5.88 Å². The number of amides is 2. The van der Waals surface area contributed by atoms with Gasteiger partial charge in [-0.25, -0.2) is 24.2 Å². The Morgan fingerprint density at radius 3 is 2.51 bits per heavy atom. The van der Waals surface area contributed by atoms with Gasteiger partial charge in [0, 0.05) is 33.6 Å². The molecule has 1 aliphatic heterocycles. The molecule has 53 heavy (non-hydrogen) atoms. The van der Waals surface area contributed by atoms with E-state index in [1.165, 1.54) is 41.2 Å². The highest BCUT2D eigenvalue weighted by Crippen LogP contribution is 2.60. The van der Waals surface area contributed by atoms with Gasteiger partial charge in [-0.05, 0) is 110 Å². The molecule has 3 aromatic heterocycles. The Labute approximate surface area is 314 Å². The van der Waals surface area contributed by atoms with Crippen molar-refractivity contribution in [1.29, 1.82) is 0 Å². The fourth-order valence-electron chi connectivity index (χ4n) is 6.08. The predicted molar refractivity (Wildman–Crippen MR) is 191 cm³/mol. The summed E-state index contributed by atoms with van der Waals surface area (Å²) in [5.74, 6) is -0.507. The number of nitrogens with zero attached hydrogens (tertiary/aromatic N) is 5. The summed E-state index contributed by atoms with van der Waals surface area (Å²) in [6, 6.07) is 8.22. The number of likely N-dealkylation sites (tertiary alicyclic amines) is 1. The minimum absolute atomic E-state index is 0.0831. The van der Waals surface area contributed by atoms with E-state index in [9.17, 15) is 31.2 Å². The summed E-state index contributed by atoms with van der Waals surface area (Å²) in [7, 11) is -4.44. The fraction of sp³-hybridized carbons (Fsp3) is 0.571. The number of nitrogens with one attached hydrogen (secondary N) is 2. The molecule has 18 heteroatoms. The largest absolute Gasteiger partial charge is 0.477 e. The van der Waals surface area contributed by atoms with E-state index in [1.54, 1.807) is 11.0 Å². The third-order valence-electron chi connectivity index (χ3n) is 9.01. The van der Waals surface area contributed by atoms with Gasteiger partial charge in [-0.2, -0.15) is 21.6 Å². The summed E-state index contributed by atoms with van der Waals surface area (Å²) in [4.78, 5) is 35.8. The number of hydrogen-bond acceptors (Lipinski definition) is 10. The van der Waals surface area contributed by atoms with Crippen molar-refractivity contribution in [1.82, 2.24) is 29.4 Å². The lowest BCUT2D eigenvalue weighted by Crippen LogP contribution is -2.45. The van der Waals surface area contributed by atoms with E-state index in [2.05, 4.69) is 20.4 Å². The molecule has 0 unspecified atom stereocenters. The predicted octanol–water partition coefficient (Wildman–Crippen LogP) is 7.16. The normalized spacial score (nSPS) is 18.9. The number of pyridine rings is 2. The van der Waals surface area contributed by atoms with Gasteiger partial charge in [-0.15, -0.1) is 5.10 Å². The van der Waals surface area contributed by atoms with Crippen LogP contribution in [0.3, 0.4) is 0 Å². The number of carbonyl (C=O) groups excluding carboxylic acids is 2. The molecule has 2 N–H and O–H groups in total. The molecule has 3 aromatic rings. The summed E-state index contributed by atoms with van der Waals surface area (Å²) >= 11 is 6.26. The number of aromatic nitrogens is 4. The van der Waals surface area contributed by atoms with Crippen molar-refractivity contribution in [3.05, 3.63) is 53.3 Å². The van der Waals surface area contributed by atoms with Gasteiger partial charge < -0.3 is 19.7 Å². The molecule has 0 aromatic carbocycles. The van der Waals surface area contributed by atoms with Gasteiger partial charge in [0.15, 0.2) is 10.8 Å². The Hall–Kier alpha value is -4.12. The van der Waals surface area contributed by atoms with Crippen molar-refractivity contribution in [3.8, 4) is 11.7 Å². The van der Waals surface area contributed by atoms with Gasteiger partial charge >= 0.3 is 12.3 Å². The summed E-state index contributed by atoms with van der Waals surface area (Å²) in [6.07, 6.45) is -4.31. The molecular formula is C35H45ClF3N7O6S. The van der Waals surface area contributed by atoms with Crippen molar-refractivity contribution in [2.24, 2.45) is 11.3 Å². The zero-order valence-electron chi connectivity index (χ0n) is 32.1. The first kappa shape index (κ1) is 37.2. The summed E-state index contributed by atoms with van der Waals surface area (Å²) < 4.78 is 96.3. The first-order valence-electron chi connectivity index (χ1n) is 18.1. The standard InChI is InChI=1S/C35H45ClF3N7O6S/c1-32(2,3)52-31(48)45-22-23(21-33(45,4)5)9-7-18-40-25-10-6-11-28(41-25)53(49,50)44-30(47)24-12-13-26(42-29(24)36)46-19-14-27(43-46)51-20-8-15-34(16-17-34)35(37,38)39/h6,10-14,19,23H,7-9,15-18,20-22H2,1-5H3,(H,40,41)(H,44,47)/t23-/m0/s1/i8D2. The molecule has 5 rings (SSSR count). The SMILES string of the molecule is [2H]C([2H])(COc1ccn(-c2ccc(C(=O)NS(=O)(=O)c3cccc(NCCC[C@@H]4CN(C(=O)OC(C)(C)C)C(C)(C)C4)n3)c(Cl)n2)n1)CC1(C(F)(F)F)CC1. The van der Waals surface area contributed by atoms with Gasteiger partial charge in [0.1, 0.15) is 16.6 Å². The summed E-state index contributed by atoms with van der Waals surface area (Å²) in [6.45, 7) is 9.94. The lowest BCUT2D eigenvalue weighted by Gasteiger charge is -2.33. The highest BCUT2D eigenvalue weighted by Gasteiger charge is 2.62. The number of anilines is 1. The summed E-state index contributed by atoms with van der Waals surface area (Å²) in [5.41, 5.74) is -3.23. The topological polar surface area (TPSA) is 158 Å². The minimum atomic E-state index is -4.49. The smallest absolute Gasteiger partial charge is 0.410 e. The second-order valence-corrected chi connectivity index (χ2v) is 16.9. The number of carbonyl (C=O) groups is 2. The number of sulfonamides is 1. The van der Waals surface area contributed by atoms with Crippen LogP contribution in [0.25, 0.3) is 5.82 Å². The van der Waals surface area contributed by atoms with Crippen molar-refractivity contribution in [3.63, 3.8) is 0 Å². The fourth-order valence-corrected chi connectivity index (χ4v) is 7.25. The number of ether oxygens (including phenoxy) is 2. The molecule has 2 aliphatic rings. The van der Waals surface area contributed by atoms with E-state index in [1.807, 2.05) is 39.3 Å². The maximum atomic E-state index is 13.3. The van der Waals surface area contributed by atoms with Gasteiger partial charge in [-0.1, -0.05) is 17.7 Å². The molecular weight excluding hydrogens is 739 g/mol. The molecule has 1 atom stereocenters. The van der Waals surface area contributed by atoms with Crippen LogP contribution < -0.4 is 14.8 Å². The van der Waals surface area contributed by atoms with Crippen molar-refractivity contribution in [2.75, 3.05) is 25.0 Å². The number of rotatable bonds is 14. The second kappa shape index (κ2) is 15.3. The van der Waals surface area contributed by atoms with E-state index in [0.29, 0.717) is 13.1 Å². The van der Waals surface area contributed by atoms with Gasteiger partial charge in [0.25, 0.3) is 15.9 Å². The molecule has 0 bridgehead atoms. The molecule has 0 radical (unpaired) electrons. The van der Waals surface area contributed by atoms with Crippen LogP contribution >= 0.6 is 11.6 Å². The third-order valence-corrected chi connectivity index (χ3v) is 10.5. The minimum Gasteiger partial charge on any atom is -0.477 e. The van der Waals surface area contributed by atoms with Crippen molar-refractivity contribution >= 4 is 39.4 Å². The molecule has 1 saturated carbocycles. The lowest BCUT2D eigenvalue weighted by molar-refractivity contribution is -0.189. The quantitative estimate of drug-likeness (QED) is 0.127. The second-order valence-electron chi connectivity index (χ2n) is 14.9. The Bertz CT molecular complexity index is 2010. The van der Waals surface area contributed by atoms with E-state index in [0.717, 1.165) is 19.3 Å². The van der Waals surface area contributed by atoms with Gasteiger partial charge in [0.05, 0.1) is 17.6 Å². The zero-order chi connectivity index (χ0) is 40.6. The van der Waals surface area contributed by atoms with E-state index >= 15 is 0 Å². The van der Waals surface area contributed by atoms with Crippen LogP contribution in [0.1, 0.15) is 92.6 Å². The lowest BCUT2D eigenvalue weighted by atomic mass is 9.93. The molecule has 4 heterocycles. The van der Waals surface area contributed by atoms with Crippen molar-refractivity contribution < 1.29 is 43.4 Å². The van der Waals surface area contributed by atoms with Crippen LogP contribution in [0.5, 0.6) is 5.88 Å². The molecule has 13 nitrogen and oxygen atoms in total. The van der Waals surface area contributed by atoms with Crippen LogP contribution in [0, 0.1) is 11.3 Å². The highest BCUT2D eigenvalue weighted by molar-refractivity contribution is 7.90. The van der Waals surface area contributed by atoms with E-state index in [-0.39, 0.29) is 58.6 Å². The van der Waals surface area contributed by atoms with Crippen LogP contribution in [-0.2, 0) is 14.8 Å². The number of halogens is 4. The Kier molecular flexibility index (Phi) is 10.8. The summed E-state index contributed by atoms with van der Waals surface area (Å²) in [5, 5.41) is 6.45. The maximum absolute atomic E-state index is 13.3. The maximum Gasteiger partial charge on any atom is 0.410 e. The Morgan fingerprint density at radius 2 is 1.85 bits per heavy atom. The monoisotopic (exact) mass is 785 g/mol. The van der Waals surface area contributed by atoms with Crippen LogP contribution in [-0.4, -0.2) is 82.1 Å². The molecule has 2 amide bonds.